The molecule has 2 amide bonds. The minimum Gasteiger partial charge on any atom is -0.353 e. The average Bonchev–Trinajstić information content (AvgIpc) is 3.17. The van der Waals surface area contributed by atoms with E-state index >= 15 is 0 Å². The number of pyridine rings is 2. The van der Waals surface area contributed by atoms with Gasteiger partial charge in [0.15, 0.2) is 0 Å². The number of hydrogen-bond donors (Lipinski definition) is 3. The standard InChI is InChI=1S/C18H15N7O2/c26-17(13-3-7-19-8-4-13)24-21-11-15-1-2-16(23-15)12-22-25-18(27)14-5-9-20-10-6-14/h1-12,23H,(H,24,26)(H,25,27)/b21-11-,22-12-. The molecular weight excluding hydrogens is 346 g/mol. The number of amides is 2. The van der Waals surface area contributed by atoms with Crippen molar-refractivity contribution < 1.29 is 9.59 Å². The normalized spacial score (nSPS) is 11.0. The Morgan fingerprint density at radius 2 is 1.15 bits per heavy atom. The van der Waals surface area contributed by atoms with Crippen LogP contribution < -0.4 is 10.9 Å². The van der Waals surface area contributed by atoms with Gasteiger partial charge in [0.2, 0.25) is 0 Å². The summed E-state index contributed by atoms with van der Waals surface area (Å²) in [6.07, 6.45) is 9.05. The Bertz CT molecular complexity index is 888. The van der Waals surface area contributed by atoms with Crippen molar-refractivity contribution in [3.8, 4) is 0 Å². The second kappa shape index (κ2) is 8.81. The van der Waals surface area contributed by atoms with Crippen LogP contribution in [0.2, 0.25) is 0 Å². The molecule has 3 aromatic rings. The SMILES string of the molecule is O=C(N/N=C\c1ccc(/C=N\NC(=O)c2ccncc2)[nH]1)c1ccncc1. The van der Waals surface area contributed by atoms with Gasteiger partial charge in [-0.2, -0.15) is 10.2 Å². The Hall–Kier alpha value is -4.14. The van der Waals surface area contributed by atoms with Crippen LogP contribution in [0.4, 0.5) is 0 Å². The number of aromatic nitrogens is 3. The van der Waals surface area contributed by atoms with Gasteiger partial charge in [-0.05, 0) is 36.4 Å². The summed E-state index contributed by atoms with van der Waals surface area (Å²) in [5.74, 6) is -0.665. The molecule has 3 rings (SSSR count). The van der Waals surface area contributed by atoms with Crippen molar-refractivity contribution in [2.45, 2.75) is 0 Å². The molecular formula is C18H15N7O2. The highest BCUT2D eigenvalue weighted by Crippen LogP contribution is 1.99. The first-order valence-corrected chi connectivity index (χ1v) is 7.88. The van der Waals surface area contributed by atoms with Crippen molar-refractivity contribution in [3.05, 3.63) is 83.7 Å². The maximum absolute atomic E-state index is 11.8. The summed E-state index contributed by atoms with van der Waals surface area (Å²) in [5, 5.41) is 7.77. The predicted molar refractivity (Wildman–Crippen MR) is 99.4 cm³/mol. The van der Waals surface area contributed by atoms with Gasteiger partial charge < -0.3 is 4.98 Å². The number of rotatable bonds is 6. The van der Waals surface area contributed by atoms with E-state index in [4.69, 9.17) is 0 Å². The first-order valence-electron chi connectivity index (χ1n) is 7.88. The lowest BCUT2D eigenvalue weighted by atomic mass is 10.3. The molecule has 0 aliphatic rings. The van der Waals surface area contributed by atoms with Gasteiger partial charge in [-0.15, -0.1) is 0 Å². The topological polar surface area (TPSA) is 124 Å². The van der Waals surface area contributed by atoms with Gasteiger partial charge in [0.05, 0.1) is 23.8 Å². The van der Waals surface area contributed by atoms with Crippen molar-refractivity contribution in [2.75, 3.05) is 0 Å². The van der Waals surface area contributed by atoms with Crippen LogP contribution in [0.25, 0.3) is 0 Å². The summed E-state index contributed by atoms with van der Waals surface area (Å²) in [5.41, 5.74) is 7.09. The Balaban J connectivity index is 1.51. The zero-order chi connectivity index (χ0) is 18.9. The molecule has 9 heteroatoms. The fourth-order valence-electron chi connectivity index (χ4n) is 2.04. The summed E-state index contributed by atoms with van der Waals surface area (Å²) in [6.45, 7) is 0. The molecule has 0 radical (unpaired) electrons. The largest absolute Gasteiger partial charge is 0.353 e. The van der Waals surface area contributed by atoms with Gasteiger partial charge in [0.25, 0.3) is 11.8 Å². The van der Waals surface area contributed by atoms with Crippen molar-refractivity contribution in [3.63, 3.8) is 0 Å². The summed E-state index contributed by atoms with van der Waals surface area (Å²) in [6, 6.07) is 9.88. The molecule has 0 bridgehead atoms. The zero-order valence-electron chi connectivity index (χ0n) is 14.0. The first kappa shape index (κ1) is 17.7. The van der Waals surface area contributed by atoms with Crippen molar-refractivity contribution in [1.82, 2.24) is 25.8 Å². The second-order valence-electron chi connectivity index (χ2n) is 5.24. The average molecular weight is 361 g/mol. The second-order valence-corrected chi connectivity index (χ2v) is 5.24. The third kappa shape index (κ3) is 5.16. The van der Waals surface area contributed by atoms with E-state index in [0.717, 1.165) is 0 Å². The fourth-order valence-corrected chi connectivity index (χ4v) is 2.04. The molecule has 0 spiro atoms. The minimum atomic E-state index is -0.333. The Kier molecular flexibility index (Phi) is 5.77. The highest BCUT2D eigenvalue weighted by molar-refractivity contribution is 5.95. The lowest BCUT2D eigenvalue weighted by Gasteiger charge is -1.98. The number of H-pyrrole nitrogens is 1. The van der Waals surface area contributed by atoms with Gasteiger partial charge in [-0.25, -0.2) is 10.9 Å². The molecule has 0 aliphatic carbocycles. The van der Waals surface area contributed by atoms with Crippen LogP contribution >= 0.6 is 0 Å². The van der Waals surface area contributed by atoms with E-state index in [1.807, 2.05) is 0 Å². The van der Waals surface area contributed by atoms with E-state index in [1.54, 1.807) is 36.4 Å². The molecule has 27 heavy (non-hydrogen) atoms. The van der Waals surface area contributed by atoms with Crippen LogP contribution in [0.1, 0.15) is 32.1 Å². The van der Waals surface area contributed by atoms with E-state index in [0.29, 0.717) is 22.5 Å². The number of carbonyl (C=O) groups excluding carboxylic acids is 2. The Labute approximate surface area is 154 Å². The van der Waals surface area contributed by atoms with Gasteiger partial charge >= 0.3 is 0 Å². The molecule has 0 aliphatic heterocycles. The lowest BCUT2D eigenvalue weighted by Crippen LogP contribution is -2.17. The number of nitrogens with one attached hydrogen (secondary N) is 3. The maximum atomic E-state index is 11.8. The molecule has 3 N–H and O–H groups in total. The molecule has 0 atom stereocenters. The van der Waals surface area contributed by atoms with E-state index < -0.39 is 0 Å². The monoisotopic (exact) mass is 361 g/mol. The molecule has 0 saturated carbocycles. The van der Waals surface area contributed by atoms with E-state index in [-0.39, 0.29) is 11.8 Å². The molecule has 0 fully saturated rings. The maximum Gasteiger partial charge on any atom is 0.271 e. The molecule has 3 heterocycles. The van der Waals surface area contributed by atoms with Crippen LogP contribution in [0, 0.1) is 0 Å². The Morgan fingerprint density at radius 3 is 1.56 bits per heavy atom. The minimum absolute atomic E-state index is 0.333. The summed E-state index contributed by atoms with van der Waals surface area (Å²) >= 11 is 0. The van der Waals surface area contributed by atoms with Crippen molar-refractivity contribution in [1.29, 1.82) is 0 Å². The van der Waals surface area contributed by atoms with E-state index in [1.165, 1.54) is 37.2 Å². The number of aromatic amines is 1. The Morgan fingerprint density at radius 1 is 0.741 bits per heavy atom. The van der Waals surface area contributed by atoms with Gasteiger partial charge in [-0.1, -0.05) is 0 Å². The third-order valence-corrected chi connectivity index (χ3v) is 3.36. The van der Waals surface area contributed by atoms with E-state index in [2.05, 4.69) is 36.0 Å². The number of carbonyl (C=O) groups is 2. The van der Waals surface area contributed by atoms with Crippen LogP contribution in [-0.2, 0) is 0 Å². The van der Waals surface area contributed by atoms with Crippen LogP contribution in [0.3, 0.4) is 0 Å². The highest BCUT2D eigenvalue weighted by atomic mass is 16.2. The van der Waals surface area contributed by atoms with E-state index in [9.17, 15) is 9.59 Å². The lowest BCUT2D eigenvalue weighted by molar-refractivity contribution is 0.0947. The predicted octanol–water partition coefficient (Wildman–Crippen LogP) is 1.33. The van der Waals surface area contributed by atoms with Gasteiger partial charge in [-0.3, -0.25) is 19.6 Å². The molecule has 134 valence electrons. The molecule has 0 saturated heterocycles. The highest BCUT2D eigenvalue weighted by Gasteiger charge is 2.03. The van der Waals surface area contributed by atoms with Crippen LogP contribution in [0.15, 0.2) is 71.4 Å². The first-order chi connectivity index (χ1) is 13.2. The summed E-state index contributed by atoms with van der Waals surface area (Å²) in [7, 11) is 0. The summed E-state index contributed by atoms with van der Waals surface area (Å²) in [4.78, 5) is 34.4. The molecule has 0 unspecified atom stereocenters. The van der Waals surface area contributed by atoms with Gasteiger partial charge in [0, 0.05) is 35.9 Å². The number of nitrogens with zero attached hydrogens (tertiary/aromatic N) is 4. The summed E-state index contributed by atoms with van der Waals surface area (Å²) < 4.78 is 0. The van der Waals surface area contributed by atoms with Gasteiger partial charge in [0.1, 0.15) is 0 Å². The molecule has 9 nitrogen and oxygen atoms in total. The molecule has 3 aromatic heterocycles. The fraction of sp³-hybridized carbons (Fsp3) is 0. The smallest absolute Gasteiger partial charge is 0.271 e. The van der Waals surface area contributed by atoms with Crippen molar-refractivity contribution in [2.24, 2.45) is 10.2 Å². The van der Waals surface area contributed by atoms with Crippen LogP contribution in [-0.4, -0.2) is 39.2 Å². The number of hydrogen-bond acceptors (Lipinski definition) is 6. The van der Waals surface area contributed by atoms with Crippen molar-refractivity contribution >= 4 is 24.2 Å². The quantitative estimate of drug-likeness (QED) is 0.452. The van der Waals surface area contributed by atoms with Crippen LogP contribution in [0.5, 0.6) is 0 Å². The molecule has 0 aromatic carbocycles. The number of hydrazone groups is 2. The third-order valence-electron chi connectivity index (χ3n) is 3.36. The zero-order valence-corrected chi connectivity index (χ0v) is 14.0.